The van der Waals surface area contributed by atoms with Crippen LogP contribution in [0.15, 0.2) is 72.8 Å². The molecule has 0 spiro atoms. The van der Waals surface area contributed by atoms with E-state index < -0.39 is 10.0 Å². The molecule has 1 atom stereocenters. The molecule has 0 bridgehead atoms. The van der Waals surface area contributed by atoms with Gasteiger partial charge in [0.2, 0.25) is 10.0 Å². The Morgan fingerprint density at radius 3 is 2.34 bits per heavy atom. The van der Waals surface area contributed by atoms with Gasteiger partial charge in [-0.3, -0.25) is 0 Å². The quantitative estimate of drug-likeness (QED) is 0.355. The van der Waals surface area contributed by atoms with Crippen LogP contribution in [0.5, 0.6) is 0 Å². The Kier molecular flexibility index (Phi) is 14.3. The fourth-order valence-electron chi connectivity index (χ4n) is 5.75. The van der Waals surface area contributed by atoms with E-state index in [0.717, 1.165) is 56.8 Å². The monoisotopic (exact) mass is 602 g/mol. The summed E-state index contributed by atoms with van der Waals surface area (Å²) < 4.78 is 25.6. The van der Waals surface area contributed by atoms with Crippen LogP contribution >= 0.6 is 11.6 Å². The molecule has 8 heteroatoms. The maximum Gasteiger partial charge on any atom is 0.211 e. The van der Waals surface area contributed by atoms with E-state index in [-0.39, 0.29) is 0 Å². The molecular formula is C33H51ClN4O2S. The van der Waals surface area contributed by atoms with E-state index in [2.05, 4.69) is 61.3 Å². The fraction of sp³-hybridized carbons (Fsp3) is 0.515. The van der Waals surface area contributed by atoms with Crippen LogP contribution in [-0.4, -0.2) is 68.6 Å². The van der Waals surface area contributed by atoms with Gasteiger partial charge in [0.05, 0.1) is 6.26 Å². The predicted molar refractivity (Wildman–Crippen MR) is 177 cm³/mol. The molecule has 3 aliphatic rings. The van der Waals surface area contributed by atoms with Crippen LogP contribution in [0.25, 0.3) is 6.08 Å². The van der Waals surface area contributed by atoms with E-state index in [1.165, 1.54) is 40.4 Å². The molecule has 1 saturated heterocycles. The van der Waals surface area contributed by atoms with Gasteiger partial charge in [-0.1, -0.05) is 48.0 Å². The first-order valence-electron chi connectivity index (χ1n) is 14.6. The zero-order valence-electron chi connectivity index (χ0n) is 25.8. The predicted octanol–water partition coefficient (Wildman–Crippen LogP) is 7.00. The molecule has 0 amide bonds. The van der Waals surface area contributed by atoms with Crippen LogP contribution in [0.4, 0.5) is 0 Å². The topological polar surface area (TPSA) is 69.9 Å². The van der Waals surface area contributed by atoms with Crippen molar-refractivity contribution < 1.29 is 8.42 Å². The minimum atomic E-state index is -3.12. The number of likely N-dealkylation sites (N-methyl/N-ethyl adjacent to an activating group) is 1. The van der Waals surface area contributed by atoms with E-state index in [9.17, 15) is 8.42 Å². The first-order chi connectivity index (χ1) is 19.4. The van der Waals surface area contributed by atoms with Gasteiger partial charge >= 0.3 is 0 Å². The van der Waals surface area contributed by atoms with Crippen molar-refractivity contribution in [2.24, 2.45) is 11.7 Å². The highest BCUT2D eigenvalue weighted by atomic mass is 35.5. The number of halogens is 1. The van der Waals surface area contributed by atoms with Crippen LogP contribution < -0.4 is 5.73 Å². The van der Waals surface area contributed by atoms with Crippen molar-refractivity contribution in [3.8, 4) is 0 Å². The second kappa shape index (κ2) is 16.8. The molecule has 1 aromatic rings. The van der Waals surface area contributed by atoms with Gasteiger partial charge in [0.15, 0.2) is 0 Å². The average Bonchev–Trinajstić information content (AvgIpc) is 3.06. The van der Waals surface area contributed by atoms with Crippen molar-refractivity contribution in [1.82, 2.24) is 14.1 Å². The molecule has 0 radical (unpaired) electrons. The minimum absolute atomic E-state index is 0.345. The summed E-state index contributed by atoms with van der Waals surface area (Å²) in [7, 11) is -0.992. The van der Waals surface area contributed by atoms with Crippen LogP contribution in [0, 0.1) is 5.92 Å². The standard InChI is InChI=1S/C27H38ClN3O2S.C3H7N.C3H6/c1-20-16-27(22-9-12-31(13-10-22)34(4,32)33)26-8-7-25(28)18-24(26)17-23(20)6-5-11-30-15-14-29(3)19-21(30)2;1-2-3-4;1-3-2/h7-8,17-19,22,27H,1,5-6,9-16H2,2-4H3;2-3H,4H2,1H3;3H,1H2,2H3/b;3-2-;. The molecule has 1 aromatic carbocycles. The van der Waals surface area contributed by atoms with E-state index in [1.807, 2.05) is 19.9 Å². The third-order valence-electron chi connectivity index (χ3n) is 7.93. The number of hydrogen-bond acceptors (Lipinski definition) is 5. The summed E-state index contributed by atoms with van der Waals surface area (Å²) in [6.07, 6.45) is 15.7. The number of piperidine rings is 1. The van der Waals surface area contributed by atoms with Crippen LogP contribution in [0.3, 0.4) is 0 Å². The zero-order chi connectivity index (χ0) is 30.6. The Hall–Kier alpha value is -2.48. The lowest BCUT2D eigenvalue weighted by molar-refractivity contribution is 0.243. The maximum atomic E-state index is 12.0. The van der Waals surface area contributed by atoms with E-state index in [0.29, 0.717) is 24.9 Å². The molecule has 1 unspecified atom stereocenters. The smallest absolute Gasteiger partial charge is 0.211 e. The number of sulfonamides is 1. The van der Waals surface area contributed by atoms with Gasteiger partial charge in [-0.15, -0.1) is 6.58 Å². The molecule has 2 N–H and O–H groups in total. The summed E-state index contributed by atoms with van der Waals surface area (Å²) in [5.74, 6) is 0.790. The highest BCUT2D eigenvalue weighted by Crippen LogP contribution is 2.44. The van der Waals surface area contributed by atoms with E-state index >= 15 is 0 Å². The molecule has 0 aromatic heterocycles. The molecule has 6 nitrogen and oxygen atoms in total. The number of hydrogen-bond donors (Lipinski definition) is 1. The Morgan fingerprint density at radius 2 is 1.78 bits per heavy atom. The summed E-state index contributed by atoms with van der Waals surface area (Å²) in [5.41, 5.74) is 11.3. The van der Waals surface area contributed by atoms with E-state index in [1.54, 1.807) is 16.5 Å². The lowest BCUT2D eigenvalue weighted by Crippen LogP contribution is -2.39. The number of nitrogens with zero attached hydrogens (tertiary/aromatic N) is 3. The van der Waals surface area contributed by atoms with Crippen molar-refractivity contribution in [3.05, 3.63) is 88.9 Å². The summed E-state index contributed by atoms with van der Waals surface area (Å²) in [6, 6.07) is 6.25. The van der Waals surface area contributed by atoms with Crippen molar-refractivity contribution in [3.63, 3.8) is 0 Å². The maximum absolute atomic E-state index is 12.0. The molecule has 41 heavy (non-hydrogen) atoms. The second-order valence-corrected chi connectivity index (χ2v) is 13.6. The van der Waals surface area contributed by atoms with Crippen LogP contribution in [0.1, 0.15) is 69.9 Å². The van der Waals surface area contributed by atoms with Gasteiger partial charge in [-0.2, -0.15) is 0 Å². The number of nitrogens with two attached hydrogens (primary N) is 1. The first kappa shape index (κ1) is 34.7. The Morgan fingerprint density at radius 1 is 1.15 bits per heavy atom. The van der Waals surface area contributed by atoms with E-state index in [4.69, 9.17) is 17.3 Å². The Labute approximate surface area is 255 Å². The van der Waals surface area contributed by atoms with Gasteiger partial charge in [-0.25, -0.2) is 12.7 Å². The highest BCUT2D eigenvalue weighted by molar-refractivity contribution is 7.88. The normalized spacial score (nSPS) is 20.1. The first-order valence-corrected chi connectivity index (χ1v) is 16.8. The molecule has 228 valence electrons. The molecular weight excluding hydrogens is 552 g/mol. The molecule has 4 rings (SSSR count). The molecule has 1 aliphatic carbocycles. The van der Waals surface area contributed by atoms with Crippen molar-refractivity contribution in [2.45, 2.75) is 58.8 Å². The minimum Gasteiger partial charge on any atom is -0.405 e. The third-order valence-corrected chi connectivity index (χ3v) is 9.47. The Balaban J connectivity index is 0.000000759. The van der Waals surface area contributed by atoms with Crippen LogP contribution in [-0.2, 0) is 10.0 Å². The van der Waals surface area contributed by atoms with Crippen molar-refractivity contribution in [2.75, 3.05) is 46.0 Å². The molecule has 2 aliphatic heterocycles. The largest absolute Gasteiger partial charge is 0.405 e. The lowest BCUT2D eigenvalue weighted by Gasteiger charge is -2.35. The molecule has 2 heterocycles. The second-order valence-electron chi connectivity index (χ2n) is 11.1. The third kappa shape index (κ3) is 10.7. The lowest BCUT2D eigenvalue weighted by atomic mass is 9.76. The van der Waals surface area contributed by atoms with Crippen molar-refractivity contribution >= 4 is 27.7 Å². The van der Waals surface area contributed by atoms with Gasteiger partial charge in [0, 0.05) is 56.7 Å². The highest BCUT2D eigenvalue weighted by Gasteiger charge is 2.33. The summed E-state index contributed by atoms with van der Waals surface area (Å²) in [5, 5.41) is 0.755. The molecule has 1 fully saturated rings. The summed E-state index contributed by atoms with van der Waals surface area (Å²) >= 11 is 6.41. The summed E-state index contributed by atoms with van der Waals surface area (Å²) in [4.78, 5) is 4.73. The van der Waals surface area contributed by atoms with Crippen LogP contribution in [0.2, 0.25) is 5.02 Å². The molecule has 0 saturated carbocycles. The zero-order valence-corrected chi connectivity index (χ0v) is 27.4. The van der Waals surface area contributed by atoms with Gasteiger partial charge in [0.25, 0.3) is 0 Å². The number of rotatable bonds is 6. The van der Waals surface area contributed by atoms with Gasteiger partial charge < -0.3 is 15.5 Å². The Bertz CT molecular complexity index is 1210. The van der Waals surface area contributed by atoms with Crippen molar-refractivity contribution in [1.29, 1.82) is 0 Å². The summed E-state index contributed by atoms with van der Waals surface area (Å²) in [6.45, 7) is 18.2. The number of fused-ring (bicyclic) bond motifs is 1. The van der Waals surface area contributed by atoms with Gasteiger partial charge in [0.1, 0.15) is 0 Å². The average molecular weight is 603 g/mol. The number of allylic oxidation sites excluding steroid dienone is 5. The SMILES string of the molecule is C/C=C\N.C=C1CC(C2CCN(S(C)(=O)=O)CC2)c2ccc(Cl)cc2C=C1CCCN1CCN(C)C=C1C.C=CC. The number of benzene rings is 1. The van der Waals surface area contributed by atoms with Gasteiger partial charge in [-0.05, 0) is 99.7 Å². The fourth-order valence-corrected chi connectivity index (χ4v) is 6.81.